The maximum absolute atomic E-state index is 13.1. The van der Waals surface area contributed by atoms with Crippen molar-refractivity contribution in [2.75, 3.05) is 25.5 Å². The third-order valence-electron chi connectivity index (χ3n) is 3.70. The molecule has 0 unspecified atom stereocenters. The van der Waals surface area contributed by atoms with Crippen molar-refractivity contribution < 1.29 is 13.2 Å². The van der Waals surface area contributed by atoms with Crippen LogP contribution in [0.1, 0.15) is 5.56 Å². The Morgan fingerprint density at radius 2 is 1.65 bits per heavy atom. The first kappa shape index (κ1) is 15.4. The smallest absolute Gasteiger partial charge is 0.270 e. The van der Waals surface area contributed by atoms with Crippen molar-refractivity contribution in [2.24, 2.45) is 0 Å². The standard InChI is InChI=1S/C17H18N2O3S/c1-18(2)17-12-13-6-4-5-7-16(13)23(20,21)19(17)14-8-10-15(22-3)11-9-14/h4-12H,1-3H3. The van der Waals surface area contributed by atoms with Gasteiger partial charge in [0, 0.05) is 14.1 Å². The summed E-state index contributed by atoms with van der Waals surface area (Å²) in [5.74, 6) is 1.27. The van der Waals surface area contributed by atoms with Gasteiger partial charge >= 0.3 is 0 Å². The van der Waals surface area contributed by atoms with Gasteiger partial charge in [-0.05, 0) is 42.0 Å². The molecule has 0 saturated heterocycles. The molecule has 0 aliphatic carbocycles. The number of nitrogens with zero attached hydrogens (tertiary/aromatic N) is 2. The van der Waals surface area contributed by atoms with Gasteiger partial charge in [-0.1, -0.05) is 18.2 Å². The lowest BCUT2D eigenvalue weighted by Crippen LogP contribution is -2.38. The van der Waals surface area contributed by atoms with E-state index in [9.17, 15) is 8.42 Å². The molecule has 23 heavy (non-hydrogen) atoms. The van der Waals surface area contributed by atoms with E-state index in [1.807, 2.05) is 32.3 Å². The first-order valence-electron chi connectivity index (χ1n) is 7.12. The number of benzene rings is 2. The third-order valence-corrected chi connectivity index (χ3v) is 5.50. The van der Waals surface area contributed by atoms with Crippen LogP contribution in [0.25, 0.3) is 6.08 Å². The summed E-state index contributed by atoms with van der Waals surface area (Å²) >= 11 is 0. The summed E-state index contributed by atoms with van der Waals surface area (Å²) in [4.78, 5) is 2.10. The molecule has 0 fully saturated rings. The molecule has 0 bridgehead atoms. The van der Waals surface area contributed by atoms with E-state index in [4.69, 9.17) is 4.74 Å². The van der Waals surface area contributed by atoms with Gasteiger partial charge in [0.15, 0.2) is 0 Å². The molecule has 1 aliphatic rings. The van der Waals surface area contributed by atoms with E-state index < -0.39 is 10.0 Å². The highest BCUT2D eigenvalue weighted by molar-refractivity contribution is 7.93. The van der Waals surface area contributed by atoms with Crippen LogP contribution < -0.4 is 9.04 Å². The predicted octanol–water partition coefficient (Wildman–Crippen LogP) is 2.76. The summed E-state index contributed by atoms with van der Waals surface area (Å²) in [5, 5.41) is 0. The molecule has 0 saturated carbocycles. The van der Waals surface area contributed by atoms with E-state index in [0.717, 1.165) is 0 Å². The van der Waals surface area contributed by atoms with E-state index in [2.05, 4.69) is 0 Å². The van der Waals surface area contributed by atoms with E-state index in [1.54, 1.807) is 48.4 Å². The number of sulfonamides is 1. The molecule has 0 spiro atoms. The van der Waals surface area contributed by atoms with Crippen LogP contribution in [0.4, 0.5) is 5.69 Å². The van der Waals surface area contributed by atoms with Crippen LogP contribution in [0.5, 0.6) is 5.75 Å². The summed E-state index contributed by atoms with van der Waals surface area (Å²) in [5.41, 5.74) is 1.27. The first-order valence-corrected chi connectivity index (χ1v) is 8.56. The van der Waals surface area contributed by atoms with Crippen LogP contribution >= 0.6 is 0 Å². The SMILES string of the molecule is COc1ccc(N2C(N(C)C)=Cc3ccccc3S2(=O)=O)cc1. The monoisotopic (exact) mass is 330 g/mol. The van der Waals surface area contributed by atoms with Gasteiger partial charge in [-0.3, -0.25) is 0 Å². The summed E-state index contributed by atoms with van der Waals surface area (Å²) in [6.45, 7) is 0. The average molecular weight is 330 g/mol. The van der Waals surface area contributed by atoms with Crippen molar-refractivity contribution in [2.45, 2.75) is 4.90 Å². The molecular weight excluding hydrogens is 312 g/mol. The summed E-state index contributed by atoms with van der Waals surface area (Å²) in [7, 11) is 1.56. The quantitative estimate of drug-likeness (QED) is 0.868. The zero-order chi connectivity index (χ0) is 16.6. The molecule has 2 aromatic rings. The Labute approximate surface area is 136 Å². The molecule has 3 rings (SSSR count). The maximum atomic E-state index is 13.1. The van der Waals surface area contributed by atoms with Crippen molar-refractivity contribution >= 4 is 21.8 Å². The van der Waals surface area contributed by atoms with Crippen molar-refractivity contribution in [3.05, 3.63) is 59.9 Å². The largest absolute Gasteiger partial charge is 0.497 e. The van der Waals surface area contributed by atoms with Crippen molar-refractivity contribution in [3.8, 4) is 5.75 Å². The van der Waals surface area contributed by atoms with Crippen LogP contribution in [0.15, 0.2) is 59.2 Å². The molecule has 0 radical (unpaired) electrons. The molecule has 1 heterocycles. The van der Waals surface area contributed by atoms with Gasteiger partial charge in [-0.15, -0.1) is 0 Å². The van der Waals surface area contributed by atoms with Crippen LogP contribution in [-0.2, 0) is 10.0 Å². The van der Waals surface area contributed by atoms with E-state index in [1.165, 1.54) is 4.31 Å². The number of hydrogen-bond acceptors (Lipinski definition) is 4. The van der Waals surface area contributed by atoms with E-state index in [-0.39, 0.29) is 0 Å². The lowest BCUT2D eigenvalue weighted by Gasteiger charge is -2.34. The molecule has 0 atom stereocenters. The second kappa shape index (κ2) is 5.62. The van der Waals surface area contributed by atoms with Crippen LogP contribution in [0.3, 0.4) is 0 Å². The number of ether oxygens (including phenoxy) is 1. The highest BCUT2D eigenvalue weighted by atomic mass is 32.2. The fourth-order valence-electron chi connectivity index (χ4n) is 2.55. The first-order chi connectivity index (χ1) is 10.9. The highest BCUT2D eigenvalue weighted by Gasteiger charge is 2.34. The Kier molecular flexibility index (Phi) is 3.77. The Morgan fingerprint density at radius 3 is 2.26 bits per heavy atom. The minimum atomic E-state index is -3.67. The summed E-state index contributed by atoms with van der Waals surface area (Å²) in [6.07, 6.45) is 1.88. The van der Waals surface area contributed by atoms with Crippen LogP contribution in [0, 0.1) is 0 Å². The van der Waals surface area contributed by atoms with Crippen LogP contribution in [-0.4, -0.2) is 34.5 Å². The second-order valence-electron chi connectivity index (χ2n) is 5.40. The number of hydrogen-bond donors (Lipinski definition) is 0. The summed E-state index contributed by atoms with van der Waals surface area (Å²) < 4.78 is 32.7. The van der Waals surface area contributed by atoms with E-state index in [0.29, 0.717) is 27.7 Å². The zero-order valence-electron chi connectivity index (χ0n) is 13.2. The molecule has 6 heteroatoms. The van der Waals surface area contributed by atoms with Gasteiger partial charge in [0.05, 0.1) is 17.7 Å². The van der Waals surface area contributed by atoms with Gasteiger partial charge in [-0.25, -0.2) is 12.7 Å². The molecule has 0 aromatic heterocycles. The average Bonchev–Trinajstić information content (AvgIpc) is 2.54. The Balaban J connectivity index is 2.21. The number of anilines is 1. The molecule has 120 valence electrons. The maximum Gasteiger partial charge on any atom is 0.270 e. The summed E-state index contributed by atoms with van der Waals surface area (Å²) in [6, 6.07) is 14.0. The zero-order valence-corrected chi connectivity index (χ0v) is 14.0. The van der Waals surface area contributed by atoms with Gasteiger partial charge in [0.2, 0.25) is 0 Å². The van der Waals surface area contributed by atoms with E-state index >= 15 is 0 Å². The van der Waals surface area contributed by atoms with Gasteiger partial charge in [0.1, 0.15) is 11.6 Å². The number of rotatable bonds is 3. The second-order valence-corrected chi connectivity index (χ2v) is 7.16. The number of methoxy groups -OCH3 is 1. The van der Waals surface area contributed by atoms with Crippen LogP contribution in [0.2, 0.25) is 0 Å². The normalized spacial score (nSPS) is 15.6. The van der Waals surface area contributed by atoms with Crippen molar-refractivity contribution in [1.82, 2.24) is 4.90 Å². The van der Waals surface area contributed by atoms with Gasteiger partial charge in [-0.2, -0.15) is 0 Å². The fourth-order valence-corrected chi connectivity index (χ4v) is 4.29. The van der Waals surface area contributed by atoms with Crippen molar-refractivity contribution in [1.29, 1.82) is 0 Å². The lowest BCUT2D eigenvalue weighted by atomic mass is 10.2. The third kappa shape index (κ3) is 2.55. The Hall–Kier alpha value is -2.47. The number of fused-ring (bicyclic) bond motifs is 1. The molecular formula is C17H18N2O3S. The molecule has 0 amide bonds. The fraction of sp³-hybridized carbons (Fsp3) is 0.176. The highest BCUT2D eigenvalue weighted by Crippen LogP contribution is 2.36. The van der Waals surface area contributed by atoms with Gasteiger partial charge < -0.3 is 9.64 Å². The Morgan fingerprint density at radius 1 is 1.00 bits per heavy atom. The molecule has 1 aliphatic heterocycles. The van der Waals surface area contributed by atoms with Gasteiger partial charge in [0.25, 0.3) is 10.0 Å². The Bertz CT molecular complexity index is 856. The lowest BCUT2D eigenvalue weighted by molar-refractivity contribution is 0.415. The molecule has 2 aromatic carbocycles. The molecule has 5 nitrogen and oxygen atoms in total. The minimum absolute atomic E-state index is 0.307. The van der Waals surface area contributed by atoms with Crippen molar-refractivity contribution in [3.63, 3.8) is 0 Å². The topological polar surface area (TPSA) is 49.9 Å². The minimum Gasteiger partial charge on any atom is -0.497 e. The molecule has 0 N–H and O–H groups in total. The predicted molar refractivity (Wildman–Crippen MR) is 90.8 cm³/mol.